The van der Waals surface area contributed by atoms with E-state index < -0.39 is 0 Å². The number of nitrogens with one attached hydrogen (secondary N) is 1. The summed E-state index contributed by atoms with van der Waals surface area (Å²) in [6.45, 7) is 13.4. The molecule has 6 nitrogen and oxygen atoms in total. The summed E-state index contributed by atoms with van der Waals surface area (Å²) in [7, 11) is 0. The number of ether oxygens (including phenoxy) is 2. The van der Waals surface area contributed by atoms with Crippen molar-refractivity contribution in [3.8, 4) is 11.5 Å². The molecule has 1 aliphatic rings. The van der Waals surface area contributed by atoms with Crippen molar-refractivity contribution < 1.29 is 14.3 Å². The molecule has 0 saturated heterocycles. The van der Waals surface area contributed by atoms with E-state index in [1.54, 1.807) is 0 Å². The average Bonchev–Trinajstić information content (AvgIpc) is 3.20. The Hall–Kier alpha value is -2.57. The number of anilines is 1. The summed E-state index contributed by atoms with van der Waals surface area (Å²) in [5.41, 5.74) is 4.31. The Morgan fingerprint density at radius 2 is 1.63 bits per heavy atom. The van der Waals surface area contributed by atoms with Crippen LogP contribution < -0.4 is 14.8 Å². The molecular formula is C24H33N3O3. The molecule has 0 unspecified atom stereocenters. The van der Waals surface area contributed by atoms with Crippen LogP contribution >= 0.6 is 0 Å². The molecule has 0 aliphatic carbocycles. The average molecular weight is 412 g/mol. The zero-order chi connectivity index (χ0) is 21.5. The Balaban J connectivity index is 1.51. The van der Waals surface area contributed by atoms with E-state index in [-0.39, 0.29) is 5.91 Å². The number of carbonyl (C=O) groups is 1. The van der Waals surface area contributed by atoms with Gasteiger partial charge in [-0.3, -0.25) is 14.6 Å². The number of hydrogen-bond acceptors (Lipinski definition) is 5. The highest BCUT2D eigenvalue weighted by Crippen LogP contribution is 2.32. The van der Waals surface area contributed by atoms with E-state index in [0.29, 0.717) is 13.3 Å². The maximum absolute atomic E-state index is 12.6. The molecule has 1 heterocycles. The Morgan fingerprint density at radius 3 is 2.33 bits per heavy atom. The van der Waals surface area contributed by atoms with Crippen LogP contribution in [-0.4, -0.2) is 55.2 Å². The van der Waals surface area contributed by atoms with Gasteiger partial charge in [0.05, 0.1) is 6.54 Å². The molecule has 1 amide bonds. The van der Waals surface area contributed by atoms with Crippen LogP contribution in [0.5, 0.6) is 11.5 Å². The van der Waals surface area contributed by atoms with Crippen molar-refractivity contribution in [1.82, 2.24) is 9.80 Å². The van der Waals surface area contributed by atoms with Crippen LogP contribution in [0, 0.1) is 13.8 Å². The molecule has 0 fully saturated rings. The summed E-state index contributed by atoms with van der Waals surface area (Å²) < 4.78 is 10.9. The zero-order valence-corrected chi connectivity index (χ0v) is 18.5. The number of nitrogens with zero attached hydrogens (tertiary/aromatic N) is 2. The van der Waals surface area contributed by atoms with Crippen molar-refractivity contribution in [1.29, 1.82) is 0 Å². The van der Waals surface area contributed by atoms with E-state index in [2.05, 4.69) is 41.1 Å². The van der Waals surface area contributed by atoms with Crippen LogP contribution in [0.1, 0.15) is 30.5 Å². The number of fused-ring (bicyclic) bond motifs is 1. The number of rotatable bonds is 10. The van der Waals surface area contributed by atoms with E-state index in [1.807, 2.05) is 38.1 Å². The van der Waals surface area contributed by atoms with Gasteiger partial charge in [-0.15, -0.1) is 0 Å². The van der Waals surface area contributed by atoms with Crippen molar-refractivity contribution in [2.24, 2.45) is 0 Å². The molecule has 0 spiro atoms. The third-order valence-corrected chi connectivity index (χ3v) is 5.58. The Kier molecular flexibility index (Phi) is 7.71. The van der Waals surface area contributed by atoms with Crippen LogP contribution in [0.25, 0.3) is 0 Å². The molecule has 0 aromatic heterocycles. The fraction of sp³-hybridized carbons (Fsp3) is 0.458. The summed E-state index contributed by atoms with van der Waals surface area (Å²) in [5.74, 6) is 1.67. The van der Waals surface area contributed by atoms with Gasteiger partial charge in [-0.05, 0) is 55.8 Å². The van der Waals surface area contributed by atoms with Gasteiger partial charge in [0.2, 0.25) is 12.7 Å². The van der Waals surface area contributed by atoms with Gasteiger partial charge in [0.15, 0.2) is 11.5 Å². The maximum Gasteiger partial charge on any atom is 0.238 e. The number of benzene rings is 2. The molecular weight excluding hydrogens is 378 g/mol. The first-order valence-electron chi connectivity index (χ1n) is 10.7. The fourth-order valence-corrected chi connectivity index (χ4v) is 3.67. The molecule has 162 valence electrons. The topological polar surface area (TPSA) is 54.0 Å². The quantitative estimate of drug-likeness (QED) is 0.644. The lowest BCUT2D eigenvalue weighted by Crippen LogP contribution is -2.39. The smallest absolute Gasteiger partial charge is 0.238 e. The second kappa shape index (κ2) is 10.5. The summed E-state index contributed by atoms with van der Waals surface area (Å²) in [6, 6.07) is 12.2. The second-order valence-electron chi connectivity index (χ2n) is 7.74. The lowest BCUT2D eigenvalue weighted by Gasteiger charge is -2.26. The van der Waals surface area contributed by atoms with Crippen molar-refractivity contribution in [3.63, 3.8) is 0 Å². The van der Waals surface area contributed by atoms with Gasteiger partial charge in [-0.1, -0.05) is 38.1 Å². The normalized spacial score (nSPS) is 12.6. The predicted molar refractivity (Wildman–Crippen MR) is 120 cm³/mol. The van der Waals surface area contributed by atoms with Gasteiger partial charge in [-0.25, -0.2) is 0 Å². The number of para-hydroxylation sites is 1. The first-order valence-corrected chi connectivity index (χ1v) is 10.7. The first-order chi connectivity index (χ1) is 14.5. The summed E-state index contributed by atoms with van der Waals surface area (Å²) in [4.78, 5) is 17.2. The van der Waals surface area contributed by atoms with Gasteiger partial charge in [-0.2, -0.15) is 0 Å². The maximum atomic E-state index is 12.6. The Labute approximate surface area is 179 Å². The van der Waals surface area contributed by atoms with Gasteiger partial charge < -0.3 is 14.8 Å². The minimum Gasteiger partial charge on any atom is -0.454 e. The molecule has 0 saturated carbocycles. The molecule has 1 N–H and O–H groups in total. The Bertz CT molecular complexity index is 849. The number of carbonyl (C=O) groups excluding carboxylic acids is 1. The fourth-order valence-electron chi connectivity index (χ4n) is 3.67. The molecule has 2 aromatic rings. The minimum atomic E-state index is 0.0352. The number of amides is 1. The lowest BCUT2D eigenvalue weighted by molar-refractivity contribution is -0.117. The standard InChI is InChI=1S/C24H33N3O3/c1-5-26(15-20-10-11-21-22(14-20)30-17-29-21)12-13-27(6-2)16-23(28)25-24-18(3)8-7-9-19(24)4/h7-11,14H,5-6,12-13,15-17H2,1-4H3,(H,25,28). The molecule has 3 rings (SSSR count). The molecule has 1 aliphatic heterocycles. The lowest BCUT2D eigenvalue weighted by atomic mass is 10.1. The predicted octanol–water partition coefficient (Wildman–Crippen LogP) is 3.81. The second-order valence-corrected chi connectivity index (χ2v) is 7.74. The summed E-state index contributed by atoms with van der Waals surface area (Å²) in [6.07, 6.45) is 0. The van der Waals surface area contributed by atoms with Crippen LogP contribution in [0.3, 0.4) is 0 Å². The van der Waals surface area contributed by atoms with Crippen molar-refractivity contribution in [3.05, 3.63) is 53.1 Å². The zero-order valence-electron chi connectivity index (χ0n) is 18.5. The monoisotopic (exact) mass is 411 g/mol. The van der Waals surface area contributed by atoms with Crippen molar-refractivity contribution in [2.45, 2.75) is 34.2 Å². The first kappa shape index (κ1) is 22.1. The van der Waals surface area contributed by atoms with Gasteiger partial charge in [0.25, 0.3) is 0 Å². The van der Waals surface area contributed by atoms with E-state index in [9.17, 15) is 4.79 Å². The van der Waals surface area contributed by atoms with Crippen LogP contribution in [0.2, 0.25) is 0 Å². The van der Waals surface area contributed by atoms with E-state index in [1.165, 1.54) is 5.56 Å². The molecule has 30 heavy (non-hydrogen) atoms. The highest BCUT2D eigenvalue weighted by molar-refractivity contribution is 5.93. The number of likely N-dealkylation sites (N-methyl/N-ethyl adjacent to an activating group) is 2. The molecule has 2 aromatic carbocycles. The van der Waals surface area contributed by atoms with Gasteiger partial charge in [0.1, 0.15) is 0 Å². The highest BCUT2D eigenvalue weighted by Gasteiger charge is 2.16. The Morgan fingerprint density at radius 1 is 0.967 bits per heavy atom. The molecule has 6 heteroatoms. The van der Waals surface area contributed by atoms with E-state index in [4.69, 9.17) is 9.47 Å². The van der Waals surface area contributed by atoms with Crippen LogP contribution in [0.4, 0.5) is 5.69 Å². The third-order valence-electron chi connectivity index (χ3n) is 5.58. The molecule has 0 atom stereocenters. The number of aryl methyl sites for hydroxylation is 2. The SMILES string of the molecule is CCN(CCN(CC)Cc1ccc2c(c1)OCO2)CC(=O)Nc1c(C)cccc1C. The number of hydrogen-bond donors (Lipinski definition) is 1. The van der Waals surface area contributed by atoms with Crippen LogP contribution in [-0.2, 0) is 11.3 Å². The molecule has 0 radical (unpaired) electrons. The van der Waals surface area contributed by atoms with Crippen molar-refractivity contribution in [2.75, 3.05) is 44.8 Å². The van der Waals surface area contributed by atoms with Crippen LogP contribution in [0.15, 0.2) is 36.4 Å². The van der Waals surface area contributed by atoms with E-state index >= 15 is 0 Å². The summed E-state index contributed by atoms with van der Waals surface area (Å²) in [5, 5.41) is 3.09. The minimum absolute atomic E-state index is 0.0352. The van der Waals surface area contributed by atoms with Gasteiger partial charge in [0, 0.05) is 25.3 Å². The summed E-state index contributed by atoms with van der Waals surface area (Å²) >= 11 is 0. The van der Waals surface area contributed by atoms with E-state index in [0.717, 1.165) is 61.0 Å². The van der Waals surface area contributed by atoms with Gasteiger partial charge >= 0.3 is 0 Å². The third kappa shape index (κ3) is 5.74. The molecule has 0 bridgehead atoms. The highest BCUT2D eigenvalue weighted by atomic mass is 16.7. The van der Waals surface area contributed by atoms with Crippen molar-refractivity contribution >= 4 is 11.6 Å². The largest absolute Gasteiger partial charge is 0.454 e.